The second kappa shape index (κ2) is 4.34. The first kappa shape index (κ1) is 12.7. The van der Waals surface area contributed by atoms with Crippen molar-refractivity contribution in [1.29, 1.82) is 0 Å². The van der Waals surface area contributed by atoms with Crippen LogP contribution >= 0.6 is 0 Å². The highest BCUT2D eigenvalue weighted by Crippen LogP contribution is 2.16. The van der Waals surface area contributed by atoms with Crippen LogP contribution in [0.3, 0.4) is 0 Å². The summed E-state index contributed by atoms with van der Waals surface area (Å²) in [6.45, 7) is 1.88. The first-order valence-corrected chi connectivity index (χ1v) is 7.69. The van der Waals surface area contributed by atoms with Crippen molar-refractivity contribution in [1.82, 2.24) is 24.6 Å². The average Bonchev–Trinajstić information content (AvgIpc) is 2.77. The minimum atomic E-state index is -3.44. The second-order valence-corrected chi connectivity index (χ2v) is 6.31. The third kappa shape index (κ3) is 2.25. The summed E-state index contributed by atoms with van der Waals surface area (Å²) in [7, 11) is -3.44. The number of fused-ring (bicyclic) bond motifs is 1. The molecule has 0 saturated heterocycles. The molecule has 3 aromatic rings. The van der Waals surface area contributed by atoms with Gasteiger partial charge in [-0.3, -0.25) is 0 Å². The van der Waals surface area contributed by atoms with Crippen LogP contribution in [0.25, 0.3) is 17.0 Å². The largest absolute Gasteiger partial charge is 0.247 e. The van der Waals surface area contributed by atoms with Gasteiger partial charge in [-0.15, -0.1) is 0 Å². The van der Waals surface area contributed by atoms with E-state index in [1.807, 2.05) is 13.0 Å². The molecule has 102 valence electrons. The van der Waals surface area contributed by atoms with E-state index in [-0.39, 0.29) is 5.16 Å². The number of aryl methyl sites for hydroxylation is 1. The minimum Gasteiger partial charge on any atom is -0.227 e. The summed E-state index contributed by atoms with van der Waals surface area (Å²) in [6.07, 6.45) is 4.24. The van der Waals surface area contributed by atoms with Crippen molar-refractivity contribution in [2.45, 2.75) is 12.1 Å². The lowest BCUT2D eigenvalue weighted by Gasteiger charge is -2.02. The van der Waals surface area contributed by atoms with E-state index in [0.29, 0.717) is 17.0 Å². The summed E-state index contributed by atoms with van der Waals surface area (Å²) >= 11 is 0. The topological polar surface area (TPSA) is 90.1 Å². The summed E-state index contributed by atoms with van der Waals surface area (Å²) in [4.78, 5) is 12.2. The number of aromatic nitrogens is 5. The van der Waals surface area contributed by atoms with Crippen molar-refractivity contribution in [3.8, 4) is 11.4 Å². The molecule has 3 rings (SSSR count). The van der Waals surface area contributed by atoms with E-state index >= 15 is 0 Å². The molecule has 0 unspecified atom stereocenters. The van der Waals surface area contributed by atoms with Crippen molar-refractivity contribution < 1.29 is 8.42 Å². The molecular formula is C12H11N5O2S. The molecule has 0 radical (unpaired) electrons. The molecule has 3 heterocycles. The van der Waals surface area contributed by atoms with Gasteiger partial charge in [-0.2, -0.15) is 5.10 Å². The fourth-order valence-electron chi connectivity index (χ4n) is 1.80. The lowest BCUT2D eigenvalue weighted by Crippen LogP contribution is -2.04. The maximum atomic E-state index is 11.5. The second-order valence-electron chi connectivity index (χ2n) is 4.40. The van der Waals surface area contributed by atoms with Gasteiger partial charge in [0.25, 0.3) is 0 Å². The predicted molar refractivity (Wildman–Crippen MR) is 71.9 cm³/mol. The van der Waals surface area contributed by atoms with Crippen molar-refractivity contribution in [3.05, 3.63) is 36.3 Å². The molecule has 0 aliphatic heterocycles. The molecule has 0 aromatic carbocycles. The zero-order valence-corrected chi connectivity index (χ0v) is 11.7. The van der Waals surface area contributed by atoms with E-state index in [1.54, 1.807) is 22.8 Å². The van der Waals surface area contributed by atoms with Crippen molar-refractivity contribution in [3.63, 3.8) is 0 Å². The van der Waals surface area contributed by atoms with Gasteiger partial charge in [-0.1, -0.05) is 0 Å². The normalized spacial score (nSPS) is 11.9. The van der Waals surface area contributed by atoms with Crippen LogP contribution in [0.5, 0.6) is 0 Å². The third-order valence-corrected chi connectivity index (χ3v) is 3.53. The van der Waals surface area contributed by atoms with Crippen molar-refractivity contribution in [2.75, 3.05) is 6.26 Å². The van der Waals surface area contributed by atoms with Crippen LogP contribution in [-0.4, -0.2) is 39.2 Å². The van der Waals surface area contributed by atoms with E-state index in [1.165, 1.54) is 6.20 Å². The molecule has 0 spiro atoms. The fourth-order valence-corrected chi connectivity index (χ4v) is 2.32. The summed E-state index contributed by atoms with van der Waals surface area (Å²) in [6, 6.07) is 5.19. The fraction of sp³-hybridized carbons (Fsp3) is 0.167. The van der Waals surface area contributed by atoms with E-state index in [2.05, 4.69) is 20.1 Å². The summed E-state index contributed by atoms with van der Waals surface area (Å²) < 4.78 is 24.6. The molecule has 0 atom stereocenters. The highest BCUT2D eigenvalue weighted by atomic mass is 32.2. The van der Waals surface area contributed by atoms with E-state index in [9.17, 15) is 8.42 Å². The van der Waals surface area contributed by atoms with E-state index in [0.717, 1.165) is 11.9 Å². The molecule has 20 heavy (non-hydrogen) atoms. The Bertz CT molecular complexity index is 901. The number of rotatable bonds is 2. The Hall–Kier alpha value is -2.35. The predicted octanol–water partition coefficient (Wildman–Crippen LogP) is 0.898. The summed E-state index contributed by atoms with van der Waals surface area (Å²) in [5.74, 6) is 0. The Kier molecular flexibility index (Phi) is 2.75. The van der Waals surface area contributed by atoms with Crippen LogP contribution in [0.15, 0.2) is 35.7 Å². The Morgan fingerprint density at radius 3 is 2.65 bits per heavy atom. The molecular weight excluding hydrogens is 278 g/mol. The highest BCUT2D eigenvalue weighted by molar-refractivity contribution is 7.90. The molecule has 0 saturated carbocycles. The lowest BCUT2D eigenvalue weighted by molar-refractivity contribution is 0.593. The van der Waals surface area contributed by atoms with Crippen LogP contribution in [0.2, 0.25) is 0 Å². The van der Waals surface area contributed by atoms with Crippen LogP contribution in [0, 0.1) is 6.92 Å². The lowest BCUT2D eigenvalue weighted by atomic mass is 10.3. The van der Waals surface area contributed by atoms with Gasteiger partial charge in [-0.25, -0.2) is 27.9 Å². The molecule has 0 amide bonds. The van der Waals surface area contributed by atoms with Crippen LogP contribution in [0.1, 0.15) is 5.69 Å². The molecule has 3 aromatic heterocycles. The van der Waals surface area contributed by atoms with Gasteiger partial charge in [0.2, 0.25) is 15.0 Å². The Labute approximate surface area is 115 Å². The zero-order valence-electron chi connectivity index (χ0n) is 10.8. The number of sulfone groups is 1. The van der Waals surface area contributed by atoms with Gasteiger partial charge in [0.05, 0.1) is 17.1 Å². The Morgan fingerprint density at radius 1 is 1.15 bits per heavy atom. The van der Waals surface area contributed by atoms with Gasteiger partial charge in [0, 0.05) is 24.7 Å². The zero-order chi connectivity index (χ0) is 14.3. The molecule has 0 N–H and O–H groups in total. The maximum Gasteiger partial charge on any atom is 0.247 e. The highest BCUT2D eigenvalue weighted by Gasteiger charge is 2.13. The van der Waals surface area contributed by atoms with Gasteiger partial charge in [0.1, 0.15) is 0 Å². The average molecular weight is 289 g/mol. The van der Waals surface area contributed by atoms with Crippen molar-refractivity contribution >= 4 is 15.5 Å². The summed E-state index contributed by atoms with van der Waals surface area (Å²) in [5, 5.41) is 4.02. The van der Waals surface area contributed by atoms with Crippen LogP contribution in [0.4, 0.5) is 0 Å². The maximum absolute atomic E-state index is 11.5. The van der Waals surface area contributed by atoms with Crippen molar-refractivity contribution in [2.24, 2.45) is 0 Å². The monoisotopic (exact) mass is 289 g/mol. The Balaban J connectivity index is 2.15. The SMILES string of the molecule is Cc1cc2nc(-c3ccnc(S(C)(=O)=O)n3)ccn2n1. The number of nitrogens with zero attached hydrogens (tertiary/aromatic N) is 5. The quantitative estimate of drug-likeness (QED) is 0.651. The number of hydrogen-bond acceptors (Lipinski definition) is 6. The molecule has 0 bridgehead atoms. The van der Waals surface area contributed by atoms with E-state index < -0.39 is 9.84 Å². The molecule has 0 aliphatic carbocycles. The minimum absolute atomic E-state index is 0.207. The van der Waals surface area contributed by atoms with Crippen LogP contribution in [-0.2, 0) is 9.84 Å². The third-order valence-electron chi connectivity index (χ3n) is 2.67. The molecule has 8 heteroatoms. The van der Waals surface area contributed by atoms with Crippen LogP contribution < -0.4 is 0 Å². The Morgan fingerprint density at radius 2 is 1.90 bits per heavy atom. The molecule has 0 fully saturated rings. The molecule has 7 nitrogen and oxygen atoms in total. The van der Waals surface area contributed by atoms with Gasteiger partial charge in [-0.05, 0) is 19.1 Å². The first-order chi connectivity index (χ1) is 9.43. The number of hydrogen-bond donors (Lipinski definition) is 0. The van der Waals surface area contributed by atoms with Gasteiger partial charge < -0.3 is 0 Å². The molecule has 0 aliphatic rings. The van der Waals surface area contributed by atoms with Gasteiger partial charge in [0.15, 0.2) is 5.65 Å². The first-order valence-electron chi connectivity index (χ1n) is 5.80. The smallest absolute Gasteiger partial charge is 0.227 e. The summed E-state index contributed by atoms with van der Waals surface area (Å²) in [5.41, 5.74) is 2.57. The van der Waals surface area contributed by atoms with Gasteiger partial charge >= 0.3 is 0 Å². The van der Waals surface area contributed by atoms with E-state index in [4.69, 9.17) is 0 Å². The standard InChI is InChI=1S/C12H11N5O2S/c1-8-7-11-14-10(4-6-17(11)16-8)9-3-5-13-12(15-9)20(2,18)19/h3-7H,1-2H3.